The van der Waals surface area contributed by atoms with Gasteiger partial charge in [0.15, 0.2) is 0 Å². The van der Waals surface area contributed by atoms with Gasteiger partial charge in [0.05, 0.1) is 0 Å². The second kappa shape index (κ2) is 13.9. The van der Waals surface area contributed by atoms with Gasteiger partial charge in [0.25, 0.3) is 0 Å². The molecule has 0 aliphatic heterocycles. The van der Waals surface area contributed by atoms with Gasteiger partial charge in [-0.05, 0) is 130 Å². The van der Waals surface area contributed by atoms with Crippen molar-refractivity contribution < 1.29 is 0 Å². The summed E-state index contributed by atoms with van der Waals surface area (Å²) in [6.07, 6.45) is 13.6. The largest absolute Gasteiger partial charge is 0.310 e. The summed E-state index contributed by atoms with van der Waals surface area (Å²) in [7, 11) is 0. The Balaban J connectivity index is 1.08. The van der Waals surface area contributed by atoms with Crippen LogP contribution in [0.15, 0.2) is 140 Å². The molecule has 9 rings (SSSR count). The van der Waals surface area contributed by atoms with E-state index in [-0.39, 0.29) is 5.41 Å². The molecule has 0 N–H and O–H groups in total. The van der Waals surface area contributed by atoms with Crippen molar-refractivity contribution in [3.8, 4) is 33.4 Å². The summed E-state index contributed by atoms with van der Waals surface area (Å²) in [5, 5.41) is 0. The third-order valence-corrected chi connectivity index (χ3v) is 12.7. The Bertz CT molecular complexity index is 2160. The Labute approximate surface area is 311 Å². The SMILES string of the molecule is CC1(C)c2ccccc2-c2ccc(N(c3ccc(-c4ccc(C5CCCCC5)cc4)cc3)c3cccc(-c4ccc(C5CCCCC5)cc4)c3)cc21. The summed E-state index contributed by atoms with van der Waals surface area (Å²) in [6, 6.07) is 53.3. The third kappa shape index (κ3) is 6.19. The highest BCUT2D eigenvalue weighted by Crippen LogP contribution is 2.51. The molecule has 0 radical (unpaired) electrons. The van der Waals surface area contributed by atoms with Crippen LogP contribution in [-0.2, 0) is 5.41 Å². The molecular weight excluding hydrogens is 627 g/mol. The smallest absolute Gasteiger partial charge is 0.0467 e. The first-order chi connectivity index (χ1) is 25.5. The second-order valence-electron chi connectivity index (χ2n) is 16.2. The molecule has 1 heteroatoms. The highest BCUT2D eigenvalue weighted by atomic mass is 15.1. The van der Waals surface area contributed by atoms with Crippen LogP contribution in [0, 0.1) is 0 Å². The van der Waals surface area contributed by atoms with Crippen molar-refractivity contribution in [2.45, 2.75) is 95.3 Å². The molecule has 1 nitrogen and oxygen atoms in total. The summed E-state index contributed by atoms with van der Waals surface area (Å²) in [5.74, 6) is 1.45. The Morgan fingerprint density at radius 3 is 1.52 bits per heavy atom. The Hall–Kier alpha value is -4.88. The Morgan fingerprint density at radius 2 is 0.904 bits per heavy atom. The molecule has 0 heterocycles. The van der Waals surface area contributed by atoms with Crippen LogP contribution in [0.3, 0.4) is 0 Å². The lowest BCUT2D eigenvalue weighted by Crippen LogP contribution is -2.16. The minimum Gasteiger partial charge on any atom is -0.310 e. The Kier molecular flexibility index (Phi) is 8.83. The maximum absolute atomic E-state index is 2.45. The van der Waals surface area contributed by atoms with E-state index in [0.29, 0.717) is 0 Å². The highest BCUT2D eigenvalue weighted by molar-refractivity contribution is 5.86. The quantitative estimate of drug-likeness (QED) is 0.163. The van der Waals surface area contributed by atoms with Gasteiger partial charge in [-0.25, -0.2) is 0 Å². The lowest BCUT2D eigenvalue weighted by Gasteiger charge is -2.28. The van der Waals surface area contributed by atoms with E-state index in [2.05, 4.69) is 158 Å². The molecule has 260 valence electrons. The minimum absolute atomic E-state index is 0.0663. The molecule has 3 aliphatic rings. The molecule has 0 saturated heterocycles. The standard InChI is InChI=1S/C51H51N/c1-51(2)49-19-10-9-18-47(49)48-33-32-46(35-50(48)51)52(44-30-28-41(29-31-44)40-22-20-38(21-23-40)36-12-5-3-6-13-36)45-17-11-16-43(34-45)42-26-24-39(25-27-42)37-14-7-4-8-15-37/h9-11,16-37H,3-8,12-15H2,1-2H3. The van der Waals surface area contributed by atoms with Crippen molar-refractivity contribution in [3.05, 3.63) is 162 Å². The highest BCUT2D eigenvalue weighted by Gasteiger charge is 2.35. The van der Waals surface area contributed by atoms with Gasteiger partial charge in [0, 0.05) is 22.5 Å². The molecule has 6 aromatic carbocycles. The molecule has 2 fully saturated rings. The van der Waals surface area contributed by atoms with E-state index in [1.165, 1.54) is 137 Å². The third-order valence-electron chi connectivity index (χ3n) is 12.7. The number of anilines is 3. The maximum Gasteiger partial charge on any atom is 0.0467 e. The summed E-state index contributed by atoms with van der Waals surface area (Å²) in [5.41, 5.74) is 17.1. The van der Waals surface area contributed by atoms with Gasteiger partial charge in [0.1, 0.15) is 0 Å². The summed E-state index contributed by atoms with van der Waals surface area (Å²) < 4.78 is 0. The lowest BCUT2D eigenvalue weighted by molar-refractivity contribution is 0.443. The van der Waals surface area contributed by atoms with E-state index in [0.717, 1.165) is 11.8 Å². The normalized spacial score (nSPS) is 17.0. The van der Waals surface area contributed by atoms with E-state index in [1.807, 2.05) is 0 Å². The van der Waals surface area contributed by atoms with Crippen molar-refractivity contribution in [2.24, 2.45) is 0 Å². The molecule has 0 atom stereocenters. The van der Waals surface area contributed by atoms with Crippen molar-refractivity contribution >= 4 is 17.1 Å². The minimum atomic E-state index is -0.0663. The fourth-order valence-electron chi connectivity index (χ4n) is 9.67. The van der Waals surface area contributed by atoms with Crippen LogP contribution in [0.5, 0.6) is 0 Å². The Morgan fingerprint density at radius 1 is 0.404 bits per heavy atom. The first-order valence-electron chi connectivity index (χ1n) is 20.0. The molecule has 52 heavy (non-hydrogen) atoms. The van der Waals surface area contributed by atoms with Gasteiger partial charge < -0.3 is 4.90 Å². The fraction of sp³-hybridized carbons (Fsp3) is 0.294. The average molecular weight is 678 g/mol. The van der Waals surface area contributed by atoms with Crippen LogP contribution in [-0.4, -0.2) is 0 Å². The second-order valence-corrected chi connectivity index (χ2v) is 16.2. The first-order valence-corrected chi connectivity index (χ1v) is 20.0. The van der Waals surface area contributed by atoms with Crippen molar-refractivity contribution in [3.63, 3.8) is 0 Å². The topological polar surface area (TPSA) is 3.24 Å². The van der Waals surface area contributed by atoms with Crippen LogP contribution < -0.4 is 4.90 Å². The number of nitrogens with zero attached hydrogens (tertiary/aromatic N) is 1. The zero-order valence-corrected chi connectivity index (χ0v) is 31.0. The van der Waals surface area contributed by atoms with Gasteiger partial charge in [-0.15, -0.1) is 0 Å². The molecule has 0 unspecified atom stereocenters. The molecule has 0 bridgehead atoms. The number of hydrogen-bond donors (Lipinski definition) is 0. The van der Waals surface area contributed by atoms with Gasteiger partial charge >= 0.3 is 0 Å². The number of hydrogen-bond acceptors (Lipinski definition) is 1. The van der Waals surface area contributed by atoms with E-state index in [1.54, 1.807) is 0 Å². The first kappa shape index (κ1) is 33.0. The van der Waals surface area contributed by atoms with Crippen LogP contribution >= 0.6 is 0 Å². The average Bonchev–Trinajstić information content (AvgIpc) is 3.44. The fourth-order valence-corrected chi connectivity index (χ4v) is 9.67. The van der Waals surface area contributed by atoms with Gasteiger partial charge in [0.2, 0.25) is 0 Å². The summed E-state index contributed by atoms with van der Waals surface area (Å²) in [6.45, 7) is 4.75. The van der Waals surface area contributed by atoms with E-state index >= 15 is 0 Å². The number of benzene rings is 6. The lowest BCUT2D eigenvalue weighted by atomic mass is 9.82. The van der Waals surface area contributed by atoms with E-state index in [4.69, 9.17) is 0 Å². The van der Waals surface area contributed by atoms with Crippen LogP contribution in [0.2, 0.25) is 0 Å². The van der Waals surface area contributed by atoms with Gasteiger partial charge in [-0.3, -0.25) is 0 Å². The summed E-state index contributed by atoms with van der Waals surface area (Å²) >= 11 is 0. The predicted molar refractivity (Wildman–Crippen MR) is 221 cm³/mol. The van der Waals surface area contributed by atoms with Crippen molar-refractivity contribution in [1.29, 1.82) is 0 Å². The predicted octanol–water partition coefficient (Wildman–Crippen LogP) is 14.9. The number of fused-ring (bicyclic) bond motifs is 3. The maximum atomic E-state index is 2.45. The molecule has 0 spiro atoms. The van der Waals surface area contributed by atoms with Crippen LogP contribution in [0.4, 0.5) is 17.1 Å². The molecular formula is C51H51N. The monoisotopic (exact) mass is 677 g/mol. The van der Waals surface area contributed by atoms with Crippen molar-refractivity contribution in [1.82, 2.24) is 0 Å². The molecule has 0 aromatic heterocycles. The molecule has 3 aliphatic carbocycles. The molecule has 0 amide bonds. The van der Waals surface area contributed by atoms with Gasteiger partial charge in [-0.1, -0.05) is 156 Å². The summed E-state index contributed by atoms with van der Waals surface area (Å²) in [4.78, 5) is 2.45. The number of rotatable bonds is 7. The molecule has 6 aromatic rings. The van der Waals surface area contributed by atoms with E-state index < -0.39 is 0 Å². The zero-order valence-electron chi connectivity index (χ0n) is 31.0. The van der Waals surface area contributed by atoms with Crippen LogP contribution in [0.25, 0.3) is 33.4 Å². The van der Waals surface area contributed by atoms with E-state index in [9.17, 15) is 0 Å². The van der Waals surface area contributed by atoms with Crippen molar-refractivity contribution in [2.75, 3.05) is 4.90 Å². The zero-order chi connectivity index (χ0) is 35.1. The molecule has 2 saturated carbocycles. The van der Waals surface area contributed by atoms with Gasteiger partial charge in [-0.2, -0.15) is 0 Å². The van der Waals surface area contributed by atoms with Crippen LogP contribution in [0.1, 0.15) is 112 Å².